The molecule has 0 atom stereocenters. The first-order chi connectivity index (χ1) is 5.09. The van der Waals surface area contributed by atoms with E-state index in [-0.39, 0.29) is 11.8 Å². The molecule has 11 heavy (non-hydrogen) atoms. The topological polar surface area (TPSA) is 0 Å². The second-order valence-electron chi connectivity index (χ2n) is 3.74. The Morgan fingerprint density at radius 1 is 0.909 bits per heavy atom. The van der Waals surface area contributed by atoms with Crippen LogP contribution in [-0.2, 0) is 0 Å². The Morgan fingerprint density at radius 2 is 1.27 bits per heavy atom. The van der Waals surface area contributed by atoms with E-state index in [4.69, 9.17) is 0 Å². The number of alkyl halides is 3. The lowest BCUT2D eigenvalue weighted by Crippen LogP contribution is -2.26. The number of rotatable bonds is 2. The molecule has 0 saturated heterocycles. The molecule has 2 aliphatic rings. The summed E-state index contributed by atoms with van der Waals surface area (Å²) in [5.74, 6) is -0.965. The quantitative estimate of drug-likeness (QED) is 0.588. The van der Waals surface area contributed by atoms with E-state index >= 15 is 0 Å². The van der Waals surface area contributed by atoms with Gasteiger partial charge in [0.1, 0.15) is 0 Å². The average Bonchev–Trinajstić information content (AvgIpc) is 2.50. The number of hydrogen-bond donors (Lipinski definition) is 0. The maximum absolute atomic E-state index is 12.3. The summed E-state index contributed by atoms with van der Waals surface area (Å²) < 4.78 is 36.9. The molecule has 0 amide bonds. The Morgan fingerprint density at radius 3 is 1.45 bits per heavy atom. The number of hydrogen-bond acceptors (Lipinski definition) is 0. The summed E-state index contributed by atoms with van der Waals surface area (Å²) in [5, 5.41) is 0. The average molecular weight is 164 g/mol. The third-order valence-corrected chi connectivity index (χ3v) is 2.64. The van der Waals surface area contributed by atoms with Gasteiger partial charge in [-0.25, -0.2) is 0 Å². The van der Waals surface area contributed by atoms with Gasteiger partial charge < -0.3 is 0 Å². The van der Waals surface area contributed by atoms with Crippen molar-refractivity contribution >= 4 is 0 Å². The summed E-state index contributed by atoms with van der Waals surface area (Å²) in [4.78, 5) is 0. The van der Waals surface area contributed by atoms with Gasteiger partial charge in [0.25, 0.3) is 0 Å². The molecule has 0 N–H and O–H groups in total. The molecule has 0 bridgehead atoms. The van der Waals surface area contributed by atoms with Crippen LogP contribution in [0.25, 0.3) is 0 Å². The predicted octanol–water partition coefficient (Wildman–Crippen LogP) is 2.98. The summed E-state index contributed by atoms with van der Waals surface area (Å²) in [7, 11) is 0. The van der Waals surface area contributed by atoms with Crippen LogP contribution in [0.4, 0.5) is 13.2 Å². The molecule has 0 aliphatic heterocycles. The molecular formula is C8H11F3. The summed E-state index contributed by atoms with van der Waals surface area (Å²) in [6.45, 7) is 0. The molecule has 0 radical (unpaired) electrons. The van der Waals surface area contributed by atoms with Gasteiger partial charge in [0.05, 0.1) is 5.92 Å². The van der Waals surface area contributed by atoms with Crippen LogP contribution in [-0.4, -0.2) is 6.18 Å². The molecule has 0 aromatic rings. The molecule has 2 rings (SSSR count). The summed E-state index contributed by atoms with van der Waals surface area (Å²) in [5.41, 5.74) is 0. The highest BCUT2D eigenvalue weighted by atomic mass is 19.4. The minimum absolute atomic E-state index is 0.0116. The second kappa shape index (κ2) is 2.14. The van der Waals surface area contributed by atoms with Crippen LogP contribution in [0.5, 0.6) is 0 Å². The Bertz CT molecular complexity index is 141. The molecule has 0 aromatic heterocycles. The van der Waals surface area contributed by atoms with Crippen molar-refractivity contribution in [3.05, 3.63) is 0 Å². The molecule has 0 heterocycles. The van der Waals surface area contributed by atoms with Crippen molar-refractivity contribution in [1.29, 1.82) is 0 Å². The van der Waals surface area contributed by atoms with Crippen molar-refractivity contribution in [2.75, 3.05) is 0 Å². The molecule has 2 fully saturated rings. The zero-order chi connectivity index (χ0) is 8.06. The van der Waals surface area contributed by atoms with Gasteiger partial charge in [-0.2, -0.15) is 13.2 Å². The standard InChI is InChI=1S/C8H11F3/c9-8(10,11)7(5-1-2-5)6-3-4-6/h5-7H,1-4H2. The minimum Gasteiger partial charge on any atom is -0.171 e. The first-order valence-electron chi connectivity index (χ1n) is 4.16. The Kier molecular flexibility index (Phi) is 1.45. The van der Waals surface area contributed by atoms with Crippen LogP contribution < -0.4 is 0 Å². The van der Waals surface area contributed by atoms with Crippen molar-refractivity contribution in [2.24, 2.45) is 17.8 Å². The lowest BCUT2D eigenvalue weighted by atomic mass is 9.97. The first-order valence-corrected chi connectivity index (χ1v) is 4.16. The molecule has 2 aliphatic carbocycles. The molecule has 3 heteroatoms. The zero-order valence-electron chi connectivity index (χ0n) is 6.19. The van der Waals surface area contributed by atoms with Crippen LogP contribution in [0.3, 0.4) is 0 Å². The summed E-state index contributed by atoms with van der Waals surface area (Å²) in [6.07, 6.45) is -0.689. The van der Waals surface area contributed by atoms with Crippen LogP contribution in [0.15, 0.2) is 0 Å². The summed E-state index contributed by atoms with van der Waals surface area (Å²) >= 11 is 0. The highest BCUT2D eigenvalue weighted by Crippen LogP contribution is 2.55. The first kappa shape index (κ1) is 7.44. The minimum atomic E-state index is -3.91. The van der Waals surface area contributed by atoms with Gasteiger partial charge in [0.15, 0.2) is 0 Å². The lowest BCUT2D eigenvalue weighted by molar-refractivity contribution is -0.186. The van der Waals surface area contributed by atoms with Gasteiger partial charge in [-0.15, -0.1) is 0 Å². The van der Waals surface area contributed by atoms with Gasteiger partial charge in [-0.1, -0.05) is 0 Å². The van der Waals surface area contributed by atoms with E-state index in [1.165, 1.54) is 0 Å². The van der Waals surface area contributed by atoms with Crippen molar-refractivity contribution < 1.29 is 13.2 Å². The summed E-state index contributed by atoms with van der Waals surface area (Å²) in [6, 6.07) is 0. The molecule has 2 saturated carbocycles. The van der Waals surface area contributed by atoms with Crippen LogP contribution in [0.1, 0.15) is 25.7 Å². The molecule has 64 valence electrons. The Labute approximate surface area is 63.8 Å². The Hall–Kier alpha value is -0.210. The van der Waals surface area contributed by atoms with E-state index in [1.807, 2.05) is 0 Å². The monoisotopic (exact) mass is 164 g/mol. The van der Waals surface area contributed by atoms with E-state index in [0.717, 1.165) is 25.7 Å². The normalized spacial score (nSPS) is 26.2. The van der Waals surface area contributed by atoms with E-state index in [2.05, 4.69) is 0 Å². The van der Waals surface area contributed by atoms with Gasteiger partial charge in [0, 0.05) is 0 Å². The van der Waals surface area contributed by atoms with Crippen LogP contribution in [0, 0.1) is 17.8 Å². The second-order valence-corrected chi connectivity index (χ2v) is 3.74. The van der Waals surface area contributed by atoms with Crippen LogP contribution >= 0.6 is 0 Å². The van der Waals surface area contributed by atoms with E-state index in [0.29, 0.717) is 0 Å². The maximum atomic E-state index is 12.3. The third kappa shape index (κ3) is 1.52. The number of halogens is 3. The van der Waals surface area contributed by atoms with Crippen molar-refractivity contribution in [2.45, 2.75) is 31.9 Å². The largest absolute Gasteiger partial charge is 0.392 e. The van der Waals surface area contributed by atoms with Gasteiger partial charge in [-0.3, -0.25) is 0 Å². The van der Waals surface area contributed by atoms with Gasteiger partial charge in [0.2, 0.25) is 0 Å². The SMILES string of the molecule is FC(F)(F)C(C1CC1)C1CC1. The molecule has 0 spiro atoms. The van der Waals surface area contributed by atoms with E-state index < -0.39 is 12.1 Å². The van der Waals surface area contributed by atoms with Crippen molar-refractivity contribution in [1.82, 2.24) is 0 Å². The Balaban J connectivity index is 2.02. The van der Waals surface area contributed by atoms with Crippen molar-refractivity contribution in [3.8, 4) is 0 Å². The maximum Gasteiger partial charge on any atom is 0.392 e. The smallest absolute Gasteiger partial charge is 0.171 e. The van der Waals surface area contributed by atoms with E-state index in [1.54, 1.807) is 0 Å². The fraction of sp³-hybridized carbons (Fsp3) is 1.00. The third-order valence-electron chi connectivity index (χ3n) is 2.64. The zero-order valence-corrected chi connectivity index (χ0v) is 6.19. The van der Waals surface area contributed by atoms with E-state index in [9.17, 15) is 13.2 Å². The molecule has 0 nitrogen and oxygen atoms in total. The highest BCUT2D eigenvalue weighted by Gasteiger charge is 2.55. The molecule has 0 unspecified atom stereocenters. The van der Waals surface area contributed by atoms with Crippen LogP contribution in [0.2, 0.25) is 0 Å². The fourth-order valence-electron chi connectivity index (χ4n) is 1.83. The predicted molar refractivity (Wildman–Crippen MR) is 35.0 cm³/mol. The molecule has 0 aromatic carbocycles. The van der Waals surface area contributed by atoms with Crippen molar-refractivity contribution in [3.63, 3.8) is 0 Å². The highest BCUT2D eigenvalue weighted by molar-refractivity contribution is 4.94. The van der Waals surface area contributed by atoms with Gasteiger partial charge >= 0.3 is 6.18 Å². The molecular weight excluding hydrogens is 153 g/mol. The fourth-order valence-corrected chi connectivity index (χ4v) is 1.83. The lowest BCUT2D eigenvalue weighted by Gasteiger charge is -2.18. The van der Waals surface area contributed by atoms with Gasteiger partial charge in [-0.05, 0) is 37.5 Å².